The Morgan fingerprint density at radius 1 is 0.792 bits per heavy atom. The molecule has 0 aliphatic carbocycles. The van der Waals surface area contributed by atoms with Gasteiger partial charge in [-0.3, -0.25) is 0 Å². The summed E-state index contributed by atoms with van der Waals surface area (Å²) < 4.78 is 2.41. The van der Waals surface area contributed by atoms with Gasteiger partial charge in [-0.15, -0.1) is 12.8 Å². The number of nitrogens with zero attached hydrogens (tertiary/aromatic N) is 1. The van der Waals surface area contributed by atoms with E-state index >= 15 is 0 Å². The fourth-order valence-electron chi connectivity index (χ4n) is 3.40. The van der Waals surface area contributed by atoms with E-state index in [1.54, 1.807) is 0 Å². The number of hydrogen-bond acceptors (Lipinski definition) is 0. The van der Waals surface area contributed by atoms with Gasteiger partial charge in [0.05, 0.1) is 0 Å². The monoisotopic (exact) mass is 313 g/mol. The quantitative estimate of drug-likeness (QED) is 0.405. The summed E-state index contributed by atoms with van der Waals surface area (Å²) in [5.74, 6) is 5.48. The van der Waals surface area contributed by atoms with E-state index in [1.165, 1.54) is 53.9 Å². The molecule has 3 aromatic rings. The smallest absolute Gasteiger partial charge is 0.0492 e. The van der Waals surface area contributed by atoms with Crippen molar-refractivity contribution < 1.29 is 0 Å². The average Bonchev–Trinajstić information content (AvgIpc) is 2.94. The highest BCUT2D eigenvalue weighted by Crippen LogP contribution is 2.31. The third-order valence-corrected chi connectivity index (χ3v) is 4.68. The zero-order valence-electron chi connectivity index (χ0n) is 14.3. The molecule has 0 unspecified atom stereocenters. The Hall–Kier alpha value is -2.64. The molecular weight excluding hydrogens is 290 g/mol. The Morgan fingerprint density at radius 2 is 1.33 bits per heavy atom. The molecule has 2 aromatic carbocycles. The molecule has 0 bridgehead atoms. The molecule has 1 aromatic heterocycles. The van der Waals surface area contributed by atoms with Crippen LogP contribution in [0.1, 0.15) is 50.2 Å². The van der Waals surface area contributed by atoms with E-state index < -0.39 is 0 Å². The summed E-state index contributed by atoms with van der Waals surface area (Å²) in [5.41, 5.74) is 4.31. The zero-order chi connectivity index (χ0) is 16.9. The number of aromatic nitrogens is 1. The van der Waals surface area contributed by atoms with E-state index in [-0.39, 0.29) is 0 Å². The van der Waals surface area contributed by atoms with Crippen LogP contribution in [0.25, 0.3) is 21.8 Å². The Balaban J connectivity index is 2.05. The number of aryl methyl sites for hydroxylation is 1. The van der Waals surface area contributed by atoms with Gasteiger partial charge in [0.2, 0.25) is 0 Å². The highest BCUT2D eigenvalue weighted by atomic mass is 15.0. The molecule has 3 rings (SSSR count). The van der Waals surface area contributed by atoms with Crippen molar-refractivity contribution in [3.8, 4) is 24.7 Å². The molecule has 0 N–H and O–H groups in total. The lowest BCUT2D eigenvalue weighted by molar-refractivity contribution is 0.584. The molecule has 0 radical (unpaired) electrons. The first-order valence-corrected chi connectivity index (χ1v) is 8.77. The molecule has 0 spiro atoms. The zero-order valence-corrected chi connectivity index (χ0v) is 14.3. The molecular formula is C23H23N. The van der Waals surface area contributed by atoms with E-state index in [9.17, 15) is 0 Å². The van der Waals surface area contributed by atoms with Crippen molar-refractivity contribution in [2.24, 2.45) is 0 Å². The summed E-state index contributed by atoms with van der Waals surface area (Å²) >= 11 is 0. The Kier molecular flexibility index (Phi) is 4.93. The number of benzene rings is 2. The molecule has 1 heterocycles. The standard InChI is InChI=1S/C23H23N/c1-4-7-8-9-10-15-24-22-13-11-18(5-2)16-20(22)21-17-19(6-3)12-14-23(21)24/h2-3,11-14,16-17H,4,7-10,15H2,1H3. The molecule has 0 aliphatic heterocycles. The summed E-state index contributed by atoms with van der Waals surface area (Å²) in [6.07, 6.45) is 17.6. The van der Waals surface area contributed by atoms with Gasteiger partial charge in [-0.25, -0.2) is 0 Å². The third kappa shape index (κ3) is 3.04. The Morgan fingerprint density at radius 3 is 1.83 bits per heavy atom. The molecule has 120 valence electrons. The van der Waals surface area contributed by atoms with E-state index in [0.717, 1.165) is 17.7 Å². The van der Waals surface area contributed by atoms with Crippen LogP contribution in [0.5, 0.6) is 0 Å². The largest absolute Gasteiger partial charge is 0.340 e. The molecule has 0 atom stereocenters. The van der Waals surface area contributed by atoms with E-state index in [0.29, 0.717) is 0 Å². The van der Waals surface area contributed by atoms with Gasteiger partial charge in [-0.1, -0.05) is 44.4 Å². The molecule has 0 saturated heterocycles. The van der Waals surface area contributed by atoms with Crippen LogP contribution in [0.2, 0.25) is 0 Å². The van der Waals surface area contributed by atoms with Crippen LogP contribution >= 0.6 is 0 Å². The minimum absolute atomic E-state index is 0.913. The number of hydrogen-bond donors (Lipinski definition) is 0. The van der Waals surface area contributed by atoms with Crippen molar-refractivity contribution in [2.45, 2.75) is 45.6 Å². The minimum atomic E-state index is 0.913. The first-order valence-electron chi connectivity index (χ1n) is 8.77. The fourth-order valence-corrected chi connectivity index (χ4v) is 3.40. The maximum atomic E-state index is 5.59. The fraction of sp³-hybridized carbons (Fsp3) is 0.304. The summed E-state index contributed by atoms with van der Waals surface area (Å²) in [5, 5.41) is 2.40. The maximum Gasteiger partial charge on any atom is 0.0492 e. The van der Waals surface area contributed by atoms with Crippen molar-refractivity contribution in [1.82, 2.24) is 4.57 Å². The minimum Gasteiger partial charge on any atom is -0.340 e. The van der Waals surface area contributed by atoms with Gasteiger partial charge in [0, 0.05) is 39.5 Å². The van der Waals surface area contributed by atoms with Crippen molar-refractivity contribution in [3.63, 3.8) is 0 Å². The average molecular weight is 313 g/mol. The lowest BCUT2D eigenvalue weighted by Gasteiger charge is -2.07. The SMILES string of the molecule is C#Cc1ccc2c(c1)c1cc(C#C)ccc1n2CCCCCCC. The topological polar surface area (TPSA) is 4.93 Å². The summed E-state index contributed by atoms with van der Waals surface area (Å²) in [6, 6.07) is 12.5. The van der Waals surface area contributed by atoms with E-state index in [4.69, 9.17) is 12.8 Å². The molecule has 0 fully saturated rings. The van der Waals surface area contributed by atoms with Crippen molar-refractivity contribution in [1.29, 1.82) is 0 Å². The lowest BCUT2D eigenvalue weighted by atomic mass is 10.1. The molecule has 24 heavy (non-hydrogen) atoms. The van der Waals surface area contributed by atoms with Crippen LogP contribution in [0.3, 0.4) is 0 Å². The highest BCUT2D eigenvalue weighted by Gasteiger charge is 2.11. The van der Waals surface area contributed by atoms with Crippen LogP contribution in [-0.2, 0) is 6.54 Å². The number of rotatable bonds is 6. The van der Waals surface area contributed by atoms with Crippen LogP contribution in [-0.4, -0.2) is 4.57 Å². The molecule has 1 heteroatoms. The number of fused-ring (bicyclic) bond motifs is 3. The molecule has 1 nitrogen and oxygen atoms in total. The summed E-state index contributed by atoms with van der Waals surface area (Å²) in [7, 11) is 0. The van der Waals surface area contributed by atoms with Crippen molar-refractivity contribution in [3.05, 3.63) is 47.5 Å². The van der Waals surface area contributed by atoms with E-state index in [1.807, 2.05) is 12.1 Å². The van der Waals surface area contributed by atoms with Gasteiger partial charge < -0.3 is 4.57 Å². The van der Waals surface area contributed by atoms with Crippen molar-refractivity contribution >= 4 is 21.8 Å². The van der Waals surface area contributed by atoms with Crippen LogP contribution in [0, 0.1) is 24.7 Å². The van der Waals surface area contributed by atoms with Gasteiger partial charge in [0.15, 0.2) is 0 Å². The predicted octanol–water partition coefficient (Wildman–Crippen LogP) is 5.73. The predicted molar refractivity (Wildman–Crippen MR) is 104 cm³/mol. The maximum absolute atomic E-state index is 5.59. The van der Waals surface area contributed by atoms with Crippen LogP contribution < -0.4 is 0 Å². The second-order valence-corrected chi connectivity index (χ2v) is 6.32. The first kappa shape index (κ1) is 16.2. The third-order valence-electron chi connectivity index (χ3n) is 4.68. The molecule has 0 aliphatic rings. The van der Waals surface area contributed by atoms with Crippen molar-refractivity contribution in [2.75, 3.05) is 0 Å². The van der Waals surface area contributed by atoms with Crippen LogP contribution in [0.15, 0.2) is 36.4 Å². The lowest BCUT2D eigenvalue weighted by Crippen LogP contribution is -1.97. The van der Waals surface area contributed by atoms with Crippen LogP contribution in [0.4, 0.5) is 0 Å². The van der Waals surface area contributed by atoms with Gasteiger partial charge in [-0.2, -0.15) is 0 Å². The summed E-state index contributed by atoms with van der Waals surface area (Å²) in [4.78, 5) is 0. The number of terminal acetylenes is 2. The number of unbranched alkanes of at least 4 members (excludes halogenated alkanes) is 4. The van der Waals surface area contributed by atoms with Gasteiger partial charge in [0.1, 0.15) is 0 Å². The Bertz CT molecular complexity index is 873. The molecule has 0 saturated carbocycles. The van der Waals surface area contributed by atoms with Gasteiger partial charge >= 0.3 is 0 Å². The Labute approximate surface area is 144 Å². The second-order valence-electron chi connectivity index (χ2n) is 6.32. The first-order chi connectivity index (χ1) is 11.8. The van der Waals surface area contributed by atoms with E-state index in [2.05, 4.69) is 47.6 Å². The molecule has 0 amide bonds. The van der Waals surface area contributed by atoms with Gasteiger partial charge in [-0.05, 0) is 42.8 Å². The second kappa shape index (κ2) is 7.29. The van der Waals surface area contributed by atoms with Gasteiger partial charge in [0.25, 0.3) is 0 Å². The summed E-state index contributed by atoms with van der Waals surface area (Å²) in [6.45, 7) is 3.29. The highest BCUT2D eigenvalue weighted by molar-refractivity contribution is 6.08. The normalized spacial score (nSPS) is 10.8.